The summed E-state index contributed by atoms with van der Waals surface area (Å²) in [4.78, 5) is 50.9. The number of aromatic amines is 1. The van der Waals surface area contributed by atoms with Crippen LogP contribution in [0, 0.1) is 8.60 Å². The molecule has 0 amide bonds. The van der Waals surface area contributed by atoms with Gasteiger partial charge in [-0.25, -0.2) is 54.8 Å². The minimum absolute atomic E-state index is 0.109. The number of pyridine rings is 6. The fraction of sp³-hybridized carbons (Fsp3) is 0.548. The standard InChI is InChI=1S/C17H27N4O3PS.C16H25N4O3PS.C15H22BrN4O3P.C15H22ClN4O3P.C15H22IN4O3P.C15H23N4O3PS/c1-5-26-17-20-12-10(18)6-8-19-15(12)21(17)16-14(23)13(22)11(24-16)7-9-25(2,3)4;1-24(2,3)8-6-10-12(21)13(22)15(23-10)20-14-11(19-16(20)25-4)9(17)5-7-18-14;3*1-24(2,3)7-5-9-11(21)12(22)14(23-9)20-13-10(19-15(20)16)8(17)4-6-18-13;1-23(2,3)7-5-9-11(20)12(21)14(22-9)19-13-10(18-15(19)24)8(16)4-6-17-13/h6,8,11,13-14,16,22-23H,2,5,7,9H2,1,3-4H3,(H2,18,19);5,7,10,12-13,15,21-22H,1,6,8H2,2-4H3,(H2,17,18);3*4,6,9,11-12,14,21-22H,1,5,7H2,2-3H3,(H2,17,18);4,6,9,11-12,14,20-21H,1,5,7H2,2-3H3,(H2,16,17)(H,18,24)/t11?,13-,14-,16-;10?,12-,13-,15-;4*9?,11-,12-,14-/m111111/s1. The maximum Gasteiger partial charge on any atom is 0.207 e. The normalized spacial score (nSPS) is 27.5. The van der Waals surface area contributed by atoms with Gasteiger partial charge in [0.2, 0.25) is 5.28 Å². The Kier molecular flexibility index (Phi) is 38.7. The average molecular weight is 2410 g/mol. The number of hydrogen-bond acceptors (Lipinski definition) is 38. The van der Waals surface area contributed by atoms with Crippen LogP contribution in [0.3, 0.4) is 0 Å². The molecule has 6 fully saturated rings. The van der Waals surface area contributed by atoms with Crippen LogP contribution < -0.4 is 34.4 Å². The molecule has 6 saturated heterocycles. The van der Waals surface area contributed by atoms with Gasteiger partial charge in [-0.15, -0.1) is 79.1 Å². The number of halogens is 3. The first-order valence-corrected chi connectivity index (χ1v) is 70.6. The van der Waals surface area contributed by atoms with E-state index in [0.717, 1.165) is 42.7 Å². The van der Waals surface area contributed by atoms with E-state index in [4.69, 9.17) is 86.6 Å². The van der Waals surface area contributed by atoms with Crippen molar-refractivity contribution in [3.05, 3.63) is 92.2 Å². The molecule has 6 unspecified atom stereocenters. The highest BCUT2D eigenvalue weighted by atomic mass is 127. The van der Waals surface area contributed by atoms with Crippen LogP contribution in [-0.4, -0.2) is 425 Å². The number of aliphatic hydroxyl groups is 12. The van der Waals surface area contributed by atoms with Gasteiger partial charge in [0, 0.05) is 59.8 Å². The van der Waals surface area contributed by atoms with Crippen molar-refractivity contribution in [3.63, 3.8) is 0 Å². The predicted molar refractivity (Wildman–Crippen MR) is 620 cm³/mol. The molecule has 18 heterocycles. The van der Waals surface area contributed by atoms with E-state index < -0.39 is 189 Å². The zero-order chi connectivity index (χ0) is 108. The Bertz CT molecular complexity index is 6740. The monoisotopic (exact) mass is 2400 g/mol. The summed E-state index contributed by atoms with van der Waals surface area (Å²) in [5, 5.41) is 127. The van der Waals surface area contributed by atoms with E-state index in [0.29, 0.717) is 163 Å². The summed E-state index contributed by atoms with van der Waals surface area (Å²) in [5.74, 6) is 0.804. The third-order valence-electron chi connectivity index (χ3n) is 25.6. The second kappa shape index (κ2) is 48.2. The maximum atomic E-state index is 10.7. The predicted octanol–water partition coefficient (Wildman–Crippen LogP) is 8.91. The molecule has 0 radical (unpaired) electrons. The lowest BCUT2D eigenvalue weighted by molar-refractivity contribution is -0.0400. The van der Waals surface area contributed by atoms with Crippen molar-refractivity contribution in [1.82, 2.24) is 87.2 Å². The second-order valence-corrected chi connectivity index (χ2v) is 72.0. The van der Waals surface area contributed by atoms with Gasteiger partial charge in [0.25, 0.3) is 0 Å². The lowest BCUT2D eigenvalue weighted by Gasteiger charge is -2.19. The first-order chi connectivity index (χ1) is 68.7. The average Bonchev–Trinajstić information content (AvgIpc) is 1.67. The molecule has 0 aromatic carbocycles. The fourth-order valence-electron chi connectivity index (χ4n) is 17.7. The Morgan fingerprint density at radius 3 is 0.925 bits per heavy atom. The molecular weight excluding hydrogens is 2270 g/mol. The highest BCUT2D eigenvalue weighted by Crippen LogP contribution is 2.50. The number of thioether (sulfide) groups is 2. The number of nitrogen functional groups attached to an aromatic ring is 6. The summed E-state index contributed by atoms with van der Waals surface area (Å²) < 4.78 is 47.2. The lowest BCUT2D eigenvalue weighted by Crippen LogP contribution is -2.32. The zero-order valence-electron chi connectivity index (χ0n) is 84.6. The van der Waals surface area contributed by atoms with Gasteiger partial charge in [0.15, 0.2) is 94.9 Å². The molecule has 12 aromatic heterocycles. The Balaban J connectivity index is 0.000000147. The Hall–Kier alpha value is -5.98. The molecule has 0 aliphatic carbocycles. The van der Waals surface area contributed by atoms with E-state index in [1.807, 2.05) is 13.2 Å². The molecule has 42 nitrogen and oxygen atoms in total. The molecule has 0 saturated carbocycles. The van der Waals surface area contributed by atoms with Crippen LogP contribution >= 0.6 is 127 Å². The molecule has 18 rings (SSSR count). The molecule has 147 heavy (non-hydrogen) atoms. The Labute approximate surface area is 894 Å². The number of aliphatic hydroxyl groups excluding tert-OH is 12. The third-order valence-corrected chi connectivity index (χ3v) is 37.8. The van der Waals surface area contributed by atoms with Crippen molar-refractivity contribution < 1.29 is 89.7 Å². The molecular formula is C93H141BrClIN24O18P6S3. The highest BCUT2D eigenvalue weighted by Gasteiger charge is 2.52. The summed E-state index contributed by atoms with van der Waals surface area (Å²) in [6, 6.07) is 10.0. The van der Waals surface area contributed by atoms with Crippen LogP contribution in [0.2, 0.25) is 5.28 Å². The smallest absolute Gasteiger partial charge is 0.207 e. The van der Waals surface area contributed by atoms with Crippen LogP contribution in [0.25, 0.3) is 67.0 Å². The van der Waals surface area contributed by atoms with Gasteiger partial charge in [-0.1, -0.05) is 30.4 Å². The number of H-pyrrole nitrogens is 1. The van der Waals surface area contributed by atoms with Crippen molar-refractivity contribution in [2.45, 2.75) is 203 Å². The minimum atomic E-state index is -1.25. The topological polar surface area (TPSA) is 641 Å². The number of nitrogens with one attached hydrogen (secondary N) is 1. The minimum Gasteiger partial charge on any atom is -0.397 e. The van der Waals surface area contributed by atoms with Gasteiger partial charge < -0.3 is 129 Å². The molecule has 810 valence electrons. The number of hydrogen-bond donors (Lipinski definition) is 19. The van der Waals surface area contributed by atoms with Gasteiger partial charge in [-0.3, -0.25) is 27.4 Å². The van der Waals surface area contributed by atoms with Gasteiger partial charge in [0.1, 0.15) is 106 Å². The zero-order valence-corrected chi connectivity index (χ0v) is 97.0. The van der Waals surface area contributed by atoms with Gasteiger partial charge in [-0.2, -0.15) is 0 Å². The quantitative estimate of drug-likeness (QED) is 0.00988. The molecule has 25 N–H and O–H groups in total. The van der Waals surface area contributed by atoms with E-state index in [-0.39, 0.29) is 5.28 Å². The van der Waals surface area contributed by atoms with Crippen LogP contribution in [0.4, 0.5) is 34.1 Å². The first kappa shape index (κ1) is 118. The number of nitrogens with two attached hydrogens (primary N) is 6. The number of anilines is 6. The lowest BCUT2D eigenvalue weighted by atomic mass is 10.1. The summed E-state index contributed by atoms with van der Waals surface area (Å²) in [5.41, 5.74) is 45.1. The Morgan fingerprint density at radius 1 is 0.361 bits per heavy atom. The number of fused-ring (bicyclic) bond motifs is 6. The first-order valence-electron chi connectivity index (χ1n) is 47.4. The fourth-order valence-corrected chi connectivity index (χ4v) is 26.5. The largest absolute Gasteiger partial charge is 0.397 e. The molecule has 6 aliphatic heterocycles. The van der Waals surface area contributed by atoms with Gasteiger partial charge >= 0.3 is 0 Å². The molecule has 54 heteroatoms. The van der Waals surface area contributed by atoms with Crippen molar-refractivity contribution >= 4 is 266 Å². The molecule has 0 spiro atoms. The number of nitrogens with zero attached hydrogens (tertiary/aromatic N) is 17. The van der Waals surface area contributed by atoms with Crippen molar-refractivity contribution in [2.75, 3.05) is 163 Å². The summed E-state index contributed by atoms with van der Waals surface area (Å²) in [6.07, 6.45) is 26.1. The third kappa shape index (κ3) is 27.6. The van der Waals surface area contributed by atoms with E-state index in [1.54, 1.807) is 90.2 Å². The van der Waals surface area contributed by atoms with Crippen LogP contribution in [0.1, 0.15) is 82.8 Å². The maximum absolute atomic E-state index is 10.7. The van der Waals surface area contributed by atoms with Crippen molar-refractivity contribution in [1.29, 1.82) is 0 Å². The van der Waals surface area contributed by atoms with E-state index in [1.165, 1.54) is 34.3 Å². The SMILES string of the molecule is C=P(C)(C)CCC1O[C@@H](n2c(=S)[nH]c3c(N)ccnc32)[C@H](O)[C@@H]1O.C=P(C)(C)CCC1O[C@@H](n2c(Br)nc3c(N)ccnc32)[C@H](O)[C@@H]1O.C=P(C)(C)CCC1O[C@@H](n2c(Cl)nc3c(N)ccnc32)[C@H](O)[C@@H]1O.C=P(C)(C)CCC1O[C@@H](n2c(I)nc3c(N)ccnc32)[C@H](O)[C@@H]1O.C=P(C)(C)CCC1O[C@@H](n2c(SC)nc3c(N)ccnc32)[C@H](O)[C@@H]1O.C=P(C)(C)CCC1O[C@@H](n2c(SCC)nc3c(N)ccnc32)[C@H](O)[C@@H]1O. The molecule has 6 aliphatic rings. The van der Waals surface area contributed by atoms with Crippen LogP contribution in [0.15, 0.2) is 88.6 Å². The van der Waals surface area contributed by atoms with Gasteiger partial charge in [0.05, 0.1) is 70.7 Å². The van der Waals surface area contributed by atoms with Crippen molar-refractivity contribution in [3.8, 4) is 0 Å². The molecule has 24 atom stereocenters. The second-order valence-electron chi connectivity index (χ2n) is 41.6. The number of imidazole rings is 6. The molecule has 0 bridgehead atoms. The van der Waals surface area contributed by atoms with Crippen molar-refractivity contribution in [2.24, 2.45) is 0 Å². The van der Waals surface area contributed by atoms with E-state index >= 15 is 0 Å². The Morgan fingerprint density at radius 2 is 0.605 bits per heavy atom. The number of rotatable bonds is 27. The van der Waals surface area contributed by atoms with E-state index in [2.05, 4.69) is 216 Å². The summed E-state index contributed by atoms with van der Waals surface area (Å²) in [6.45, 7) is 20.3. The van der Waals surface area contributed by atoms with E-state index in [9.17, 15) is 61.3 Å². The summed E-state index contributed by atoms with van der Waals surface area (Å²) in [7, 11) is 0. The van der Waals surface area contributed by atoms with Crippen LogP contribution in [0.5, 0.6) is 0 Å². The number of ether oxygens (including phenoxy) is 6. The number of aromatic nitrogens is 18. The van der Waals surface area contributed by atoms with Gasteiger partial charge in [-0.05, 0) is 244 Å². The molecule has 12 aromatic rings. The summed E-state index contributed by atoms with van der Waals surface area (Å²) >= 11 is 19.9. The highest BCUT2D eigenvalue weighted by molar-refractivity contribution is 14.1. The van der Waals surface area contributed by atoms with Crippen LogP contribution in [-0.2, 0) is 28.4 Å².